The zero-order chi connectivity index (χ0) is 5.98. The smallest absolute Gasteiger partial charge is 0.210 e. The molecule has 0 fully saturated rings. The summed E-state index contributed by atoms with van der Waals surface area (Å²) in [6.45, 7) is 1.86. The van der Waals surface area contributed by atoms with E-state index in [9.17, 15) is 0 Å². The van der Waals surface area contributed by atoms with Crippen molar-refractivity contribution < 1.29 is 0 Å². The second-order valence-corrected chi connectivity index (χ2v) is 2.10. The van der Waals surface area contributed by atoms with E-state index in [0.717, 1.165) is 0 Å². The molecule has 1 aromatic heterocycles. The highest BCUT2D eigenvalue weighted by Gasteiger charge is 1.96. The van der Waals surface area contributed by atoms with Crippen molar-refractivity contribution in [3.63, 3.8) is 0 Å². The van der Waals surface area contributed by atoms with Crippen LogP contribution in [0.4, 0.5) is 0 Å². The average molecular weight is 129 g/mol. The van der Waals surface area contributed by atoms with Crippen molar-refractivity contribution in [1.82, 2.24) is 20.2 Å². The summed E-state index contributed by atoms with van der Waals surface area (Å²) in [5.41, 5.74) is 0. The molecule has 1 aromatic rings. The van der Waals surface area contributed by atoms with Crippen molar-refractivity contribution in [3.05, 3.63) is 6.33 Å². The molecule has 4 nitrogen and oxygen atoms in total. The molecule has 0 bridgehead atoms. The summed E-state index contributed by atoms with van der Waals surface area (Å²) in [6, 6.07) is 0. The molecule has 0 saturated heterocycles. The standard InChI is InChI=1S/C3H5N4S/c1-3(8)7-2-4-5-6-7/h3,8H,1H3. The molecule has 1 unspecified atom stereocenters. The quantitative estimate of drug-likeness (QED) is 0.539. The van der Waals surface area contributed by atoms with E-state index >= 15 is 0 Å². The summed E-state index contributed by atoms with van der Waals surface area (Å²) in [5, 5.41) is 10.2. The lowest BCUT2D eigenvalue weighted by Crippen LogP contribution is -1.98. The Balaban J connectivity index is 2.77. The highest BCUT2D eigenvalue weighted by molar-refractivity contribution is 7.80. The lowest BCUT2D eigenvalue weighted by atomic mass is 10.8. The van der Waals surface area contributed by atoms with Crippen LogP contribution in [0, 0.1) is 6.33 Å². The molecular formula is C3H5N4S. The molecular weight excluding hydrogens is 124 g/mol. The maximum Gasteiger partial charge on any atom is 0.222 e. The molecule has 8 heavy (non-hydrogen) atoms. The summed E-state index contributed by atoms with van der Waals surface area (Å²) >= 11 is 4.04. The fourth-order valence-corrected chi connectivity index (χ4v) is 0.405. The Kier molecular flexibility index (Phi) is 1.48. The van der Waals surface area contributed by atoms with Gasteiger partial charge in [-0.2, -0.15) is 12.6 Å². The molecule has 0 saturated carbocycles. The van der Waals surface area contributed by atoms with E-state index in [4.69, 9.17) is 0 Å². The number of thiol groups is 1. The maximum atomic E-state index is 4.04. The van der Waals surface area contributed by atoms with Crippen LogP contribution in [0.15, 0.2) is 0 Å². The van der Waals surface area contributed by atoms with Gasteiger partial charge in [0.1, 0.15) is 0 Å². The molecule has 0 N–H and O–H groups in total. The number of hydrogen-bond acceptors (Lipinski definition) is 4. The number of tetrazole rings is 1. The molecule has 5 heteroatoms. The van der Waals surface area contributed by atoms with E-state index in [1.54, 1.807) is 0 Å². The molecule has 0 aliphatic rings. The van der Waals surface area contributed by atoms with E-state index < -0.39 is 0 Å². The largest absolute Gasteiger partial charge is 0.222 e. The fourth-order valence-electron chi connectivity index (χ4n) is 0.307. The van der Waals surface area contributed by atoms with E-state index in [2.05, 4.69) is 34.5 Å². The average Bonchev–Trinajstić information content (AvgIpc) is 2.12. The summed E-state index contributed by atoms with van der Waals surface area (Å²) < 4.78 is 1.43. The van der Waals surface area contributed by atoms with Gasteiger partial charge in [0.15, 0.2) is 0 Å². The van der Waals surface area contributed by atoms with Crippen LogP contribution in [0.2, 0.25) is 0 Å². The number of hydrogen-bond donors (Lipinski definition) is 1. The zero-order valence-electron chi connectivity index (χ0n) is 4.31. The third kappa shape index (κ3) is 0.975. The van der Waals surface area contributed by atoms with Gasteiger partial charge < -0.3 is 0 Å². The van der Waals surface area contributed by atoms with Crippen LogP contribution < -0.4 is 0 Å². The third-order valence-corrected chi connectivity index (χ3v) is 0.901. The molecule has 0 aliphatic carbocycles. The maximum absolute atomic E-state index is 4.04. The Hall–Kier alpha value is -0.580. The Morgan fingerprint density at radius 2 is 2.50 bits per heavy atom. The van der Waals surface area contributed by atoms with Crippen molar-refractivity contribution in [1.29, 1.82) is 0 Å². The van der Waals surface area contributed by atoms with Crippen molar-refractivity contribution in [2.24, 2.45) is 0 Å². The molecule has 1 heterocycles. The summed E-state index contributed by atoms with van der Waals surface area (Å²) in [4.78, 5) is 0. The van der Waals surface area contributed by atoms with Crippen LogP contribution in [0.25, 0.3) is 0 Å². The predicted octanol–water partition coefficient (Wildman–Crippen LogP) is -0.0784. The number of nitrogens with zero attached hydrogens (tertiary/aromatic N) is 4. The summed E-state index contributed by atoms with van der Waals surface area (Å²) in [7, 11) is 0. The fraction of sp³-hybridized carbons (Fsp3) is 0.667. The highest BCUT2D eigenvalue weighted by Crippen LogP contribution is 2.03. The van der Waals surface area contributed by atoms with Gasteiger partial charge in [0.05, 0.1) is 5.37 Å². The van der Waals surface area contributed by atoms with Crippen LogP contribution in [0.5, 0.6) is 0 Å². The minimum Gasteiger partial charge on any atom is -0.210 e. The molecule has 0 spiro atoms. The number of aromatic nitrogens is 4. The minimum absolute atomic E-state index is 0.00463. The van der Waals surface area contributed by atoms with Gasteiger partial charge in [-0.1, -0.05) is 0 Å². The third-order valence-electron chi connectivity index (χ3n) is 0.682. The van der Waals surface area contributed by atoms with Gasteiger partial charge >= 0.3 is 0 Å². The van der Waals surface area contributed by atoms with Crippen LogP contribution in [0.1, 0.15) is 12.3 Å². The SMILES string of the molecule is CC(S)n1[c]nnn1. The Bertz CT molecular complexity index is 146. The molecule has 43 valence electrons. The molecule has 1 atom stereocenters. The predicted molar refractivity (Wildman–Crippen MR) is 30.3 cm³/mol. The Morgan fingerprint density at radius 1 is 1.75 bits per heavy atom. The van der Waals surface area contributed by atoms with Crippen molar-refractivity contribution >= 4 is 12.6 Å². The summed E-state index contributed by atoms with van der Waals surface area (Å²) in [5.74, 6) is 0. The lowest BCUT2D eigenvalue weighted by molar-refractivity contribution is 0.611. The molecule has 0 aromatic carbocycles. The zero-order valence-corrected chi connectivity index (χ0v) is 5.21. The van der Waals surface area contributed by atoms with Gasteiger partial charge in [-0.15, -0.1) is 5.10 Å². The first-order valence-corrected chi connectivity index (χ1v) is 2.66. The molecule has 1 radical (unpaired) electrons. The van der Waals surface area contributed by atoms with Crippen LogP contribution in [-0.4, -0.2) is 20.2 Å². The van der Waals surface area contributed by atoms with Crippen molar-refractivity contribution in [2.45, 2.75) is 12.3 Å². The van der Waals surface area contributed by atoms with Gasteiger partial charge in [0, 0.05) is 0 Å². The first kappa shape index (κ1) is 5.55. The van der Waals surface area contributed by atoms with Crippen LogP contribution in [0.3, 0.4) is 0 Å². The van der Waals surface area contributed by atoms with Crippen molar-refractivity contribution in [3.8, 4) is 0 Å². The van der Waals surface area contributed by atoms with E-state index in [1.165, 1.54) is 4.68 Å². The topological polar surface area (TPSA) is 43.6 Å². The van der Waals surface area contributed by atoms with E-state index in [1.807, 2.05) is 6.92 Å². The van der Waals surface area contributed by atoms with Crippen molar-refractivity contribution in [2.75, 3.05) is 0 Å². The monoisotopic (exact) mass is 129 g/mol. The van der Waals surface area contributed by atoms with Gasteiger partial charge in [0.25, 0.3) is 0 Å². The second-order valence-electron chi connectivity index (χ2n) is 1.36. The second kappa shape index (κ2) is 2.13. The highest BCUT2D eigenvalue weighted by atomic mass is 32.1. The minimum atomic E-state index is 0.00463. The van der Waals surface area contributed by atoms with Gasteiger partial charge in [0.2, 0.25) is 6.33 Å². The van der Waals surface area contributed by atoms with Gasteiger partial charge in [-0.3, -0.25) is 0 Å². The molecule has 0 aliphatic heterocycles. The molecule has 1 rings (SSSR count). The summed E-state index contributed by atoms with van der Waals surface area (Å²) in [6.07, 6.45) is 2.50. The van der Waals surface area contributed by atoms with Crippen LogP contribution >= 0.6 is 12.6 Å². The van der Waals surface area contributed by atoms with Crippen LogP contribution in [-0.2, 0) is 0 Å². The normalized spacial score (nSPS) is 13.8. The van der Waals surface area contributed by atoms with Gasteiger partial charge in [-0.25, -0.2) is 4.68 Å². The number of rotatable bonds is 1. The van der Waals surface area contributed by atoms with E-state index in [-0.39, 0.29) is 5.37 Å². The first-order chi connectivity index (χ1) is 3.80. The Morgan fingerprint density at radius 3 is 2.75 bits per heavy atom. The van der Waals surface area contributed by atoms with Gasteiger partial charge in [-0.05, 0) is 17.4 Å². The molecule has 0 amide bonds. The first-order valence-electron chi connectivity index (χ1n) is 2.14. The Labute approximate surface area is 52.3 Å². The lowest BCUT2D eigenvalue weighted by Gasteiger charge is -1.96. The van der Waals surface area contributed by atoms with E-state index in [0.29, 0.717) is 0 Å².